The molecule has 4 heteroatoms. The van der Waals surface area contributed by atoms with E-state index < -0.39 is 0 Å². The minimum atomic E-state index is 0.0707. The maximum atomic E-state index is 11.9. The monoisotopic (exact) mass is 326 g/mol. The molecule has 2 aromatic carbocycles. The number of nitrogens with one attached hydrogen (secondary N) is 2. The first-order chi connectivity index (χ1) is 11.6. The van der Waals surface area contributed by atoms with Crippen molar-refractivity contribution in [2.45, 2.75) is 26.7 Å². The van der Waals surface area contributed by atoms with Crippen LogP contribution in [0, 0.1) is 13.8 Å². The predicted molar refractivity (Wildman–Crippen MR) is 98.7 cm³/mol. The number of hydrogen-bond acceptors (Lipinski definition) is 3. The van der Waals surface area contributed by atoms with Crippen LogP contribution in [0.2, 0.25) is 0 Å². The zero-order valence-electron chi connectivity index (χ0n) is 14.7. The lowest BCUT2D eigenvalue weighted by Crippen LogP contribution is -2.27. The Kier molecular flexibility index (Phi) is 6.67. The van der Waals surface area contributed by atoms with Crippen molar-refractivity contribution >= 4 is 11.6 Å². The van der Waals surface area contributed by atoms with Crippen molar-refractivity contribution < 1.29 is 9.53 Å². The van der Waals surface area contributed by atoms with Gasteiger partial charge in [-0.1, -0.05) is 24.3 Å². The van der Waals surface area contributed by atoms with E-state index in [9.17, 15) is 4.79 Å². The minimum absolute atomic E-state index is 0.0707. The van der Waals surface area contributed by atoms with Crippen molar-refractivity contribution in [2.24, 2.45) is 0 Å². The van der Waals surface area contributed by atoms with Crippen molar-refractivity contribution in [1.82, 2.24) is 5.32 Å². The third-order valence-electron chi connectivity index (χ3n) is 4.17. The molecule has 0 radical (unpaired) electrons. The second kappa shape index (κ2) is 8.96. The van der Waals surface area contributed by atoms with Crippen LogP contribution in [-0.2, 0) is 11.2 Å². The summed E-state index contributed by atoms with van der Waals surface area (Å²) in [6, 6.07) is 14.1. The molecule has 0 aliphatic rings. The summed E-state index contributed by atoms with van der Waals surface area (Å²) in [4.78, 5) is 11.9. The van der Waals surface area contributed by atoms with Crippen LogP contribution in [0.4, 0.5) is 5.69 Å². The van der Waals surface area contributed by atoms with Gasteiger partial charge in [0, 0.05) is 25.2 Å². The smallest absolute Gasteiger partial charge is 0.221 e. The molecule has 24 heavy (non-hydrogen) atoms. The summed E-state index contributed by atoms with van der Waals surface area (Å²) in [7, 11) is 1.65. The van der Waals surface area contributed by atoms with E-state index in [1.165, 1.54) is 16.7 Å². The molecule has 0 saturated heterocycles. The molecule has 0 aliphatic heterocycles. The van der Waals surface area contributed by atoms with Gasteiger partial charge in [0.05, 0.1) is 7.11 Å². The highest BCUT2D eigenvalue weighted by Gasteiger charge is 2.03. The fourth-order valence-corrected chi connectivity index (χ4v) is 2.48. The lowest BCUT2D eigenvalue weighted by atomic mass is 10.1. The summed E-state index contributed by atoms with van der Waals surface area (Å²) < 4.78 is 5.13. The Bertz CT molecular complexity index is 666. The van der Waals surface area contributed by atoms with Gasteiger partial charge >= 0.3 is 0 Å². The first kappa shape index (κ1) is 17.9. The molecule has 0 bridgehead atoms. The molecule has 0 atom stereocenters. The van der Waals surface area contributed by atoms with Crippen molar-refractivity contribution in [3.63, 3.8) is 0 Å². The second-order valence-corrected chi connectivity index (χ2v) is 5.87. The second-order valence-electron chi connectivity index (χ2n) is 5.87. The van der Waals surface area contributed by atoms with Crippen molar-refractivity contribution in [3.8, 4) is 5.75 Å². The zero-order chi connectivity index (χ0) is 17.4. The number of anilines is 1. The van der Waals surface area contributed by atoms with E-state index in [1.807, 2.05) is 36.4 Å². The van der Waals surface area contributed by atoms with Gasteiger partial charge in [-0.05, 0) is 55.2 Å². The summed E-state index contributed by atoms with van der Waals surface area (Å²) in [5.41, 5.74) is 4.77. The molecule has 2 N–H and O–H groups in total. The number of benzene rings is 2. The molecule has 0 aliphatic carbocycles. The van der Waals surface area contributed by atoms with Gasteiger partial charge in [0.15, 0.2) is 0 Å². The standard InChI is InChI=1S/C20H26N2O2/c1-15-5-4-6-19(16(15)2)21-14-12-20(23)22-13-11-17-7-9-18(24-3)10-8-17/h4-10,21H,11-14H2,1-3H3,(H,22,23). The Morgan fingerprint density at radius 1 is 1.04 bits per heavy atom. The summed E-state index contributed by atoms with van der Waals surface area (Å²) in [5.74, 6) is 0.918. The van der Waals surface area contributed by atoms with Gasteiger partial charge in [-0.15, -0.1) is 0 Å². The highest BCUT2D eigenvalue weighted by atomic mass is 16.5. The van der Waals surface area contributed by atoms with E-state index in [4.69, 9.17) is 4.74 Å². The molecule has 4 nitrogen and oxygen atoms in total. The molecule has 0 unspecified atom stereocenters. The Morgan fingerprint density at radius 3 is 2.50 bits per heavy atom. The number of ether oxygens (including phenoxy) is 1. The van der Waals surface area contributed by atoms with Gasteiger partial charge in [0.1, 0.15) is 5.75 Å². The summed E-state index contributed by atoms with van der Waals surface area (Å²) >= 11 is 0. The van der Waals surface area contributed by atoms with Crippen LogP contribution in [0.1, 0.15) is 23.1 Å². The normalized spacial score (nSPS) is 10.3. The van der Waals surface area contributed by atoms with Crippen LogP contribution in [0.15, 0.2) is 42.5 Å². The average molecular weight is 326 g/mol. The van der Waals surface area contributed by atoms with Gasteiger partial charge in [-0.3, -0.25) is 4.79 Å². The molecule has 2 aromatic rings. The van der Waals surface area contributed by atoms with Gasteiger partial charge in [0.2, 0.25) is 5.91 Å². The molecule has 0 heterocycles. The topological polar surface area (TPSA) is 50.4 Å². The number of rotatable bonds is 8. The molecular formula is C20H26N2O2. The molecule has 128 valence electrons. The fourth-order valence-electron chi connectivity index (χ4n) is 2.48. The van der Waals surface area contributed by atoms with Crippen LogP contribution in [0.5, 0.6) is 5.75 Å². The Labute approximate surface area is 144 Å². The highest BCUT2D eigenvalue weighted by molar-refractivity contribution is 5.76. The van der Waals surface area contributed by atoms with E-state index in [1.54, 1.807) is 7.11 Å². The predicted octanol–water partition coefficient (Wildman–Crippen LogP) is 3.47. The van der Waals surface area contributed by atoms with E-state index in [-0.39, 0.29) is 5.91 Å². The molecule has 0 saturated carbocycles. The number of carbonyl (C=O) groups is 1. The van der Waals surface area contributed by atoms with Crippen LogP contribution in [0.3, 0.4) is 0 Å². The first-order valence-electron chi connectivity index (χ1n) is 8.30. The number of hydrogen-bond donors (Lipinski definition) is 2. The van der Waals surface area contributed by atoms with E-state index in [2.05, 4.69) is 30.5 Å². The highest BCUT2D eigenvalue weighted by Crippen LogP contribution is 2.17. The summed E-state index contributed by atoms with van der Waals surface area (Å²) in [6.07, 6.45) is 1.29. The molecule has 1 amide bonds. The molecule has 0 aromatic heterocycles. The van der Waals surface area contributed by atoms with Gasteiger partial charge in [0.25, 0.3) is 0 Å². The quantitative estimate of drug-likeness (QED) is 0.781. The zero-order valence-corrected chi connectivity index (χ0v) is 14.7. The largest absolute Gasteiger partial charge is 0.497 e. The SMILES string of the molecule is COc1ccc(CCNC(=O)CCNc2cccc(C)c2C)cc1. The van der Waals surface area contributed by atoms with E-state index in [0.717, 1.165) is 17.9 Å². The van der Waals surface area contributed by atoms with Crippen molar-refractivity contribution in [2.75, 3.05) is 25.5 Å². The maximum absolute atomic E-state index is 11.9. The van der Waals surface area contributed by atoms with Crippen molar-refractivity contribution in [1.29, 1.82) is 0 Å². The fraction of sp³-hybridized carbons (Fsp3) is 0.350. The first-order valence-corrected chi connectivity index (χ1v) is 8.30. The van der Waals surface area contributed by atoms with Crippen LogP contribution >= 0.6 is 0 Å². The third-order valence-corrected chi connectivity index (χ3v) is 4.17. The number of aryl methyl sites for hydroxylation is 1. The summed E-state index contributed by atoms with van der Waals surface area (Å²) in [5, 5.41) is 6.29. The van der Waals surface area contributed by atoms with Crippen LogP contribution in [0.25, 0.3) is 0 Å². The van der Waals surface area contributed by atoms with Crippen molar-refractivity contribution in [3.05, 3.63) is 59.2 Å². The number of methoxy groups -OCH3 is 1. The molecule has 0 spiro atoms. The number of amides is 1. The molecule has 0 fully saturated rings. The summed E-state index contributed by atoms with van der Waals surface area (Å²) in [6.45, 7) is 5.46. The lowest BCUT2D eigenvalue weighted by Gasteiger charge is -2.11. The van der Waals surface area contributed by atoms with Crippen LogP contribution < -0.4 is 15.4 Å². The Hall–Kier alpha value is -2.49. The minimum Gasteiger partial charge on any atom is -0.497 e. The van der Waals surface area contributed by atoms with Gasteiger partial charge in [-0.25, -0.2) is 0 Å². The van der Waals surface area contributed by atoms with E-state index in [0.29, 0.717) is 19.5 Å². The Balaban J connectivity index is 1.67. The molecular weight excluding hydrogens is 300 g/mol. The van der Waals surface area contributed by atoms with Crippen LogP contribution in [-0.4, -0.2) is 26.1 Å². The van der Waals surface area contributed by atoms with Gasteiger partial charge in [-0.2, -0.15) is 0 Å². The van der Waals surface area contributed by atoms with Gasteiger partial charge < -0.3 is 15.4 Å². The number of carbonyl (C=O) groups excluding carboxylic acids is 1. The Morgan fingerprint density at radius 2 is 1.79 bits per heavy atom. The molecule has 2 rings (SSSR count). The third kappa shape index (κ3) is 5.30. The average Bonchev–Trinajstić information content (AvgIpc) is 2.59. The lowest BCUT2D eigenvalue weighted by molar-refractivity contribution is -0.120. The maximum Gasteiger partial charge on any atom is 0.221 e. The van der Waals surface area contributed by atoms with E-state index >= 15 is 0 Å².